The molecule has 1 heterocycles. The smallest absolute Gasteiger partial charge is 0.238 e. The highest BCUT2D eigenvalue weighted by Crippen LogP contribution is 2.62. The minimum atomic E-state index is -0.235. The third-order valence-corrected chi connectivity index (χ3v) is 6.95. The minimum Gasteiger partial charge on any atom is -0.274 e. The summed E-state index contributed by atoms with van der Waals surface area (Å²) in [6.07, 6.45) is 1.94. The number of nitrogens with zero attached hydrogens (tertiary/aromatic N) is 1. The van der Waals surface area contributed by atoms with Gasteiger partial charge in [-0.2, -0.15) is 0 Å². The van der Waals surface area contributed by atoms with E-state index >= 15 is 0 Å². The average molecular weight is 386 g/mol. The Kier molecular flexibility index (Phi) is 3.67. The van der Waals surface area contributed by atoms with E-state index in [1.54, 1.807) is 18.2 Å². The monoisotopic (exact) mass is 385 g/mol. The second-order valence-corrected chi connectivity index (χ2v) is 8.42. The Morgan fingerprint density at radius 2 is 1.62 bits per heavy atom. The maximum absolute atomic E-state index is 13.2. The Labute approximate surface area is 161 Å². The van der Waals surface area contributed by atoms with E-state index in [-0.39, 0.29) is 35.5 Å². The number of rotatable bonds is 2. The van der Waals surface area contributed by atoms with Gasteiger partial charge in [0.25, 0.3) is 0 Å². The lowest BCUT2D eigenvalue weighted by atomic mass is 9.73. The van der Waals surface area contributed by atoms with E-state index in [2.05, 4.69) is 12.1 Å². The summed E-state index contributed by atoms with van der Waals surface area (Å²) in [5.74, 6) is 0.194. The van der Waals surface area contributed by atoms with Crippen LogP contribution in [0, 0.1) is 23.7 Å². The summed E-state index contributed by atoms with van der Waals surface area (Å²) in [6, 6.07) is 15.3. The lowest BCUT2D eigenvalue weighted by Crippen LogP contribution is -2.33. The molecule has 2 bridgehead atoms. The molecule has 5 atom stereocenters. The van der Waals surface area contributed by atoms with Gasteiger partial charge >= 0.3 is 0 Å². The molecule has 2 saturated carbocycles. The fraction of sp³-hybridized carbons (Fsp3) is 0.333. The molecule has 132 valence electrons. The van der Waals surface area contributed by atoms with Crippen molar-refractivity contribution in [3.63, 3.8) is 0 Å². The molecular weight excluding hydrogens is 369 g/mol. The molecule has 1 aliphatic heterocycles. The molecule has 2 aliphatic carbocycles. The molecule has 0 radical (unpaired) electrons. The molecule has 2 amide bonds. The zero-order valence-corrected chi connectivity index (χ0v) is 15.5. The third-order valence-electron chi connectivity index (χ3n) is 6.39. The van der Waals surface area contributed by atoms with Crippen molar-refractivity contribution in [2.75, 3.05) is 4.90 Å². The summed E-state index contributed by atoms with van der Waals surface area (Å²) in [4.78, 5) is 27.6. The van der Waals surface area contributed by atoms with Gasteiger partial charge in [-0.1, -0.05) is 53.5 Å². The van der Waals surface area contributed by atoms with Gasteiger partial charge in [0, 0.05) is 5.02 Å². The molecule has 0 unspecified atom stereocenters. The summed E-state index contributed by atoms with van der Waals surface area (Å²) in [6.45, 7) is 0. The van der Waals surface area contributed by atoms with Crippen molar-refractivity contribution >= 4 is 40.7 Å². The molecule has 3 aliphatic rings. The number of halogens is 2. The number of benzene rings is 2. The molecular formula is C21H17Cl2NO2. The second-order valence-electron chi connectivity index (χ2n) is 7.57. The topological polar surface area (TPSA) is 37.4 Å². The summed E-state index contributed by atoms with van der Waals surface area (Å²) in [5, 5.41) is 0.843. The van der Waals surface area contributed by atoms with E-state index in [9.17, 15) is 9.59 Å². The van der Waals surface area contributed by atoms with Crippen molar-refractivity contribution in [3.05, 3.63) is 64.1 Å². The van der Waals surface area contributed by atoms with Crippen molar-refractivity contribution in [1.29, 1.82) is 0 Å². The van der Waals surface area contributed by atoms with E-state index in [1.807, 2.05) is 18.2 Å². The van der Waals surface area contributed by atoms with Gasteiger partial charge in [0.2, 0.25) is 11.8 Å². The Morgan fingerprint density at radius 3 is 2.38 bits per heavy atom. The maximum Gasteiger partial charge on any atom is 0.238 e. The first-order valence-electron chi connectivity index (χ1n) is 8.94. The molecule has 2 aromatic rings. The molecule has 1 saturated heterocycles. The van der Waals surface area contributed by atoms with Crippen molar-refractivity contribution in [2.45, 2.75) is 18.8 Å². The van der Waals surface area contributed by atoms with E-state index in [0.29, 0.717) is 21.7 Å². The zero-order valence-electron chi connectivity index (χ0n) is 13.9. The maximum atomic E-state index is 13.2. The second kappa shape index (κ2) is 5.83. The molecule has 2 aromatic carbocycles. The Bertz CT molecular complexity index is 913. The van der Waals surface area contributed by atoms with Crippen LogP contribution in [-0.2, 0) is 9.59 Å². The van der Waals surface area contributed by atoms with Crippen molar-refractivity contribution < 1.29 is 9.59 Å². The lowest BCUT2D eigenvalue weighted by Gasteiger charge is -2.28. The van der Waals surface area contributed by atoms with Crippen molar-refractivity contribution in [2.24, 2.45) is 23.7 Å². The number of fused-ring (bicyclic) bond motifs is 5. The van der Waals surface area contributed by atoms with Crippen LogP contribution in [0.1, 0.15) is 24.3 Å². The van der Waals surface area contributed by atoms with Crippen LogP contribution < -0.4 is 4.90 Å². The molecule has 5 rings (SSSR count). The van der Waals surface area contributed by atoms with E-state index in [4.69, 9.17) is 23.2 Å². The van der Waals surface area contributed by atoms with Crippen LogP contribution >= 0.6 is 23.2 Å². The van der Waals surface area contributed by atoms with Gasteiger partial charge in [-0.25, -0.2) is 4.90 Å². The van der Waals surface area contributed by atoms with Gasteiger partial charge in [-0.3, -0.25) is 9.59 Å². The normalized spacial score (nSPS) is 32.4. The molecule has 0 N–H and O–H groups in total. The van der Waals surface area contributed by atoms with Crippen LogP contribution in [0.4, 0.5) is 5.69 Å². The van der Waals surface area contributed by atoms with Crippen LogP contribution in [0.5, 0.6) is 0 Å². The van der Waals surface area contributed by atoms with Gasteiger partial charge in [0.1, 0.15) is 0 Å². The number of carbonyl (C=O) groups is 2. The summed E-state index contributed by atoms with van der Waals surface area (Å²) in [7, 11) is 0. The summed E-state index contributed by atoms with van der Waals surface area (Å²) < 4.78 is 0. The van der Waals surface area contributed by atoms with Crippen LogP contribution in [0.15, 0.2) is 48.5 Å². The van der Waals surface area contributed by atoms with Crippen LogP contribution in [-0.4, -0.2) is 11.8 Å². The van der Waals surface area contributed by atoms with Crippen LogP contribution in [0.25, 0.3) is 0 Å². The van der Waals surface area contributed by atoms with Crippen molar-refractivity contribution in [3.8, 4) is 0 Å². The first-order valence-corrected chi connectivity index (χ1v) is 9.69. The highest BCUT2D eigenvalue weighted by molar-refractivity contribution is 6.37. The fourth-order valence-corrected chi connectivity index (χ4v) is 5.81. The van der Waals surface area contributed by atoms with Crippen LogP contribution in [0.2, 0.25) is 10.0 Å². The highest BCUT2D eigenvalue weighted by atomic mass is 35.5. The number of hydrogen-bond donors (Lipinski definition) is 0. The minimum absolute atomic E-state index is 0.108. The zero-order chi connectivity index (χ0) is 18.0. The van der Waals surface area contributed by atoms with Gasteiger partial charge < -0.3 is 0 Å². The number of amides is 2. The summed E-state index contributed by atoms with van der Waals surface area (Å²) >= 11 is 12.3. The molecule has 3 fully saturated rings. The Morgan fingerprint density at radius 1 is 0.885 bits per heavy atom. The van der Waals surface area contributed by atoms with Gasteiger partial charge in [-0.05, 0) is 54.4 Å². The Hall–Kier alpha value is -1.84. The number of imide groups is 1. The van der Waals surface area contributed by atoms with Gasteiger partial charge in [0.15, 0.2) is 0 Å². The predicted octanol–water partition coefficient (Wildman–Crippen LogP) is 4.92. The molecule has 3 nitrogen and oxygen atoms in total. The van der Waals surface area contributed by atoms with E-state index in [0.717, 1.165) is 12.8 Å². The molecule has 0 aromatic heterocycles. The Balaban J connectivity index is 1.52. The SMILES string of the molecule is O=C1[C@H]2[C@@H]3C[C@@H]([C@@H]2C(=O)N1c1cc(Cl)ccc1Cl)[C@H](c1ccccc1)C3. The number of anilines is 1. The van der Waals surface area contributed by atoms with E-state index < -0.39 is 0 Å². The number of hydrogen-bond acceptors (Lipinski definition) is 2. The molecule has 26 heavy (non-hydrogen) atoms. The predicted molar refractivity (Wildman–Crippen MR) is 101 cm³/mol. The van der Waals surface area contributed by atoms with E-state index in [1.165, 1.54) is 10.5 Å². The summed E-state index contributed by atoms with van der Waals surface area (Å²) in [5.41, 5.74) is 1.69. The number of carbonyl (C=O) groups excluding carboxylic acids is 2. The van der Waals surface area contributed by atoms with Crippen LogP contribution in [0.3, 0.4) is 0 Å². The third kappa shape index (κ3) is 2.20. The average Bonchev–Trinajstić information content (AvgIpc) is 3.30. The standard InChI is InChI=1S/C21H17Cl2NO2/c22-13-6-7-16(23)17(10-13)24-20(25)18-12-8-14(11-4-2-1-3-5-11)15(9-12)19(18)21(24)26/h1-7,10,12,14-15,18-19H,8-9H2/t12-,14-,15+,18-,19-/m0/s1. The molecule has 0 spiro atoms. The highest BCUT2D eigenvalue weighted by Gasteiger charge is 2.64. The largest absolute Gasteiger partial charge is 0.274 e. The first kappa shape index (κ1) is 16.3. The van der Waals surface area contributed by atoms with Gasteiger partial charge in [0.05, 0.1) is 22.5 Å². The lowest BCUT2D eigenvalue weighted by molar-refractivity contribution is -0.123. The molecule has 5 heteroatoms. The quantitative estimate of drug-likeness (QED) is 0.687. The van der Waals surface area contributed by atoms with Crippen molar-refractivity contribution in [1.82, 2.24) is 0 Å². The first-order chi connectivity index (χ1) is 12.6. The van der Waals surface area contributed by atoms with Gasteiger partial charge in [-0.15, -0.1) is 0 Å². The fourth-order valence-electron chi connectivity index (χ4n) is 5.44.